The average Bonchev–Trinajstić information content (AvgIpc) is 3.00. The molecule has 0 aromatic heterocycles. The minimum absolute atomic E-state index is 0.193. The molecule has 4 rings (SSSR count). The average molecular weight is 326 g/mol. The second kappa shape index (κ2) is 6.29. The van der Waals surface area contributed by atoms with E-state index < -0.39 is 0 Å². The molecule has 1 amide bonds. The molecule has 3 aromatic rings. The van der Waals surface area contributed by atoms with Crippen molar-refractivity contribution in [2.75, 3.05) is 11.1 Å². The summed E-state index contributed by atoms with van der Waals surface area (Å²) in [6, 6.07) is 22.0. The van der Waals surface area contributed by atoms with Crippen LogP contribution in [0.5, 0.6) is 0 Å². The Balaban J connectivity index is 1.50. The Kier molecular flexibility index (Phi) is 3.82. The maximum absolute atomic E-state index is 12.1. The van der Waals surface area contributed by atoms with Crippen molar-refractivity contribution in [3.8, 4) is 11.1 Å². The molecule has 0 fully saturated rings. The normalized spacial score (nSPS) is 12.0. The second-order valence-electron chi connectivity index (χ2n) is 6.16. The van der Waals surface area contributed by atoms with Gasteiger partial charge in [0.2, 0.25) is 5.91 Å². The van der Waals surface area contributed by atoms with Crippen molar-refractivity contribution in [2.45, 2.75) is 6.42 Å². The van der Waals surface area contributed by atoms with E-state index in [1.165, 1.54) is 28.3 Å². The highest BCUT2D eigenvalue weighted by atomic mass is 16.1. The fourth-order valence-electron chi connectivity index (χ4n) is 3.23. The lowest BCUT2D eigenvalue weighted by atomic mass is 10.0. The lowest BCUT2D eigenvalue weighted by molar-refractivity contribution is -0.111. The van der Waals surface area contributed by atoms with E-state index >= 15 is 0 Å². The van der Waals surface area contributed by atoms with Gasteiger partial charge in [0, 0.05) is 6.08 Å². The van der Waals surface area contributed by atoms with Crippen LogP contribution in [0.3, 0.4) is 0 Å². The molecule has 0 unspecified atom stereocenters. The molecule has 3 heteroatoms. The zero-order chi connectivity index (χ0) is 17.2. The van der Waals surface area contributed by atoms with Crippen LogP contribution >= 0.6 is 0 Å². The first-order valence-corrected chi connectivity index (χ1v) is 8.25. The summed E-state index contributed by atoms with van der Waals surface area (Å²) in [7, 11) is 0. The molecular weight excluding hydrogens is 308 g/mol. The number of rotatable bonds is 3. The van der Waals surface area contributed by atoms with E-state index in [0.717, 1.165) is 12.0 Å². The van der Waals surface area contributed by atoms with E-state index in [2.05, 4.69) is 41.7 Å². The first kappa shape index (κ1) is 15.2. The van der Waals surface area contributed by atoms with Crippen LogP contribution in [0.4, 0.5) is 11.4 Å². The first-order chi connectivity index (χ1) is 12.2. The molecule has 0 spiro atoms. The predicted octanol–water partition coefficient (Wildman–Crippen LogP) is 4.49. The van der Waals surface area contributed by atoms with Crippen molar-refractivity contribution in [2.24, 2.45) is 0 Å². The van der Waals surface area contributed by atoms with Gasteiger partial charge < -0.3 is 11.1 Å². The van der Waals surface area contributed by atoms with Gasteiger partial charge in [-0.05, 0) is 52.4 Å². The summed E-state index contributed by atoms with van der Waals surface area (Å²) in [6.07, 6.45) is 4.31. The fourth-order valence-corrected chi connectivity index (χ4v) is 3.23. The SMILES string of the molecule is Nc1ccccc1NC(=O)/C=C\c1ccc2c(c1)Cc1ccccc1-2. The molecule has 1 aliphatic carbocycles. The zero-order valence-electron chi connectivity index (χ0n) is 13.7. The van der Waals surface area contributed by atoms with Crippen LogP contribution in [0, 0.1) is 0 Å². The number of benzene rings is 3. The minimum atomic E-state index is -0.193. The topological polar surface area (TPSA) is 55.1 Å². The number of fused-ring (bicyclic) bond motifs is 3. The second-order valence-corrected chi connectivity index (χ2v) is 6.16. The molecule has 3 aromatic carbocycles. The van der Waals surface area contributed by atoms with E-state index in [4.69, 9.17) is 5.73 Å². The first-order valence-electron chi connectivity index (χ1n) is 8.25. The molecule has 122 valence electrons. The van der Waals surface area contributed by atoms with E-state index in [1.807, 2.05) is 24.3 Å². The Morgan fingerprint density at radius 2 is 1.68 bits per heavy atom. The van der Waals surface area contributed by atoms with Gasteiger partial charge >= 0.3 is 0 Å². The smallest absolute Gasteiger partial charge is 0.248 e. The van der Waals surface area contributed by atoms with Crippen molar-refractivity contribution in [1.82, 2.24) is 0 Å². The Hall–Kier alpha value is -3.33. The summed E-state index contributed by atoms with van der Waals surface area (Å²) in [6.45, 7) is 0. The van der Waals surface area contributed by atoms with Gasteiger partial charge in [-0.1, -0.05) is 54.6 Å². The van der Waals surface area contributed by atoms with Crippen LogP contribution in [-0.4, -0.2) is 5.91 Å². The molecule has 0 aliphatic heterocycles. The molecule has 0 heterocycles. The van der Waals surface area contributed by atoms with Crippen molar-refractivity contribution in [3.63, 3.8) is 0 Å². The van der Waals surface area contributed by atoms with E-state index in [1.54, 1.807) is 12.1 Å². The van der Waals surface area contributed by atoms with Crippen LogP contribution in [0.2, 0.25) is 0 Å². The zero-order valence-corrected chi connectivity index (χ0v) is 13.7. The molecule has 0 saturated heterocycles. The van der Waals surface area contributed by atoms with E-state index in [9.17, 15) is 4.79 Å². The van der Waals surface area contributed by atoms with Crippen molar-refractivity contribution in [3.05, 3.63) is 89.5 Å². The highest BCUT2D eigenvalue weighted by Crippen LogP contribution is 2.36. The Labute approximate surface area is 146 Å². The summed E-state index contributed by atoms with van der Waals surface area (Å²) < 4.78 is 0. The van der Waals surface area contributed by atoms with Gasteiger partial charge in [-0.15, -0.1) is 0 Å². The van der Waals surface area contributed by atoms with Gasteiger partial charge in [0.25, 0.3) is 0 Å². The van der Waals surface area contributed by atoms with Gasteiger partial charge in [0.1, 0.15) is 0 Å². The number of nitrogens with one attached hydrogen (secondary N) is 1. The predicted molar refractivity (Wildman–Crippen MR) is 103 cm³/mol. The van der Waals surface area contributed by atoms with Crippen molar-refractivity contribution >= 4 is 23.4 Å². The number of nitrogen functional groups attached to an aromatic ring is 1. The molecule has 0 saturated carbocycles. The maximum Gasteiger partial charge on any atom is 0.248 e. The van der Waals surface area contributed by atoms with Gasteiger partial charge in [0.15, 0.2) is 0 Å². The van der Waals surface area contributed by atoms with Crippen LogP contribution in [0.25, 0.3) is 17.2 Å². The summed E-state index contributed by atoms with van der Waals surface area (Å²) in [5.41, 5.74) is 13.3. The summed E-state index contributed by atoms with van der Waals surface area (Å²) in [4.78, 5) is 12.1. The Morgan fingerprint density at radius 3 is 2.56 bits per heavy atom. The molecular formula is C22H18N2O. The number of anilines is 2. The Morgan fingerprint density at radius 1 is 0.920 bits per heavy atom. The van der Waals surface area contributed by atoms with Crippen LogP contribution in [0.15, 0.2) is 72.8 Å². The summed E-state index contributed by atoms with van der Waals surface area (Å²) in [5, 5.41) is 2.80. The van der Waals surface area contributed by atoms with E-state index in [0.29, 0.717) is 11.4 Å². The third-order valence-corrected chi connectivity index (χ3v) is 4.46. The van der Waals surface area contributed by atoms with E-state index in [-0.39, 0.29) is 5.91 Å². The standard InChI is InChI=1S/C22H18N2O/c23-20-7-3-4-8-21(20)24-22(25)12-10-15-9-11-19-17(13-15)14-16-5-1-2-6-18(16)19/h1-13H,14,23H2,(H,24,25)/b12-10-. The number of amides is 1. The molecule has 3 nitrogen and oxygen atoms in total. The molecule has 0 radical (unpaired) electrons. The number of para-hydroxylation sites is 2. The quantitative estimate of drug-likeness (QED) is 0.430. The van der Waals surface area contributed by atoms with Gasteiger partial charge in [-0.2, -0.15) is 0 Å². The third-order valence-electron chi connectivity index (χ3n) is 4.46. The fraction of sp³-hybridized carbons (Fsp3) is 0.0455. The van der Waals surface area contributed by atoms with Crippen molar-refractivity contribution < 1.29 is 4.79 Å². The van der Waals surface area contributed by atoms with Crippen molar-refractivity contribution in [1.29, 1.82) is 0 Å². The maximum atomic E-state index is 12.1. The van der Waals surface area contributed by atoms with Crippen LogP contribution < -0.4 is 11.1 Å². The molecule has 25 heavy (non-hydrogen) atoms. The highest BCUT2D eigenvalue weighted by Gasteiger charge is 2.17. The molecule has 1 aliphatic rings. The van der Waals surface area contributed by atoms with Gasteiger partial charge in [-0.25, -0.2) is 0 Å². The highest BCUT2D eigenvalue weighted by molar-refractivity contribution is 6.03. The molecule has 0 atom stereocenters. The number of carbonyl (C=O) groups is 1. The lowest BCUT2D eigenvalue weighted by Crippen LogP contribution is -2.09. The monoisotopic (exact) mass is 326 g/mol. The largest absolute Gasteiger partial charge is 0.397 e. The number of nitrogens with two attached hydrogens (primary N) is 1. The number of hydrogen-bond donors (Lipinski definition) is 2. The third kappa shape index (κ3) is 3.04. The summed E-state index contributed by atoms with van der Waals surface area (Å²) >= 11 is 0. The van der Waals surface area contributed by atoms with Gasteiger partial charge in [-0.3, -0.25) is 4.79 Å². The molecule has 0 bridgehead atoms. The minimum Gasteiger partial charge on any atom is -0.397 e. The summed E-state index contributed by atoms with van der Waals surface area (Å²) in [5.74, 6) is -0.193. The number of hydrogen-bond acceptors (Lipinski definition) is 2. The number of carbonyl (C=O) groups excluding carboxylic acids is 1. The van der Waals surface area contributed by atoms with Crippen LogP contribution in [0.1, 0.15) is 16.7 Å². The lowest BCUT2D eigenvalue weighted by Gasteiger charge is -2.05. The molecule has 3 N–H and O–H groups in total. The Bertz CT molecular complexity index is 989. The van der Waals surface area contributed by atoms with Gasteiger partial charge in [0.05, 0.1) is 11.4 Å². The van der Waals surface area contributed by atoms with Crippen LogP contribution in [-0.2, 0) is 11.2 Å².